The molecule has 2 unspecified atom stereocenters. The molecule has 0 bridgehead atoms. The molecular formula is C9H15NO2. The van der Waals surface area contributed by atoms with E-state index >= 15 is 0 Å². The molecule has 3 nitrogen and oxygen atoms in total. The van der Waals surface area contributed by atoms with E-state index in [2.05, 4.69) is 4.90 Å². The second-order valence-corrected chi connectivity index (χ2v) is 3.83. The zero-order valence-electron chi connectivity index (χ0n) is 7.20. The number of carboxylic acid groups (broad SMARTS) is 1. The molecule has 0 aromatic heterocycles. The minimum atomic E-state index is -0.593. The van der Waals surface area contributed by atoms with E-state index < -0.39 is 5.97 Å². The Balaban J connectivity index is 1.98. The first-order valence-electron chi connectivity index (χ1n) is 4.76. The summed E-state index contributed by atoms with van der Waals surface area (Å²) in [7, 11) is 0. The molecule has 68 valence electrons. The molecule has 0 spiro atoms. The molecule has 2 atom stereocenters. The first kappa shape index (κ1) is 8.05. The third-order valence-corrected chi connectivity index (χ3v) is 3.16. The maximum Gasteiger partial charge on any atom is 0.308 e. The lowest BCUT2D eigenvalue weighted by Crippen LogP contribution is -2.48. The number of carbonyl (C=O) groups is 1. The molecule has 2 rings (SSSR count). The molecule has 2 fully saturated rings. The highest BCUT2D eigenvalue weighted by molar-refractivity contribution is 5.71. The highest BCUT2D eigenvalue weighted by Crippen LogP contribution is 2.32. The van der Waals surface area contributed by atoms with E-state index in [1.54, 1.807) is 0 Å². The lowest BCUT2D eigenvalue weighted by molar-refractivity contribution is -0.144. The summed E-state index contributed by atoms with van der Waals surface area (Å²) in [6.45, 7) is 2.24. The number of nitrogens with zero attached hydrogens (tertiary/aromatic N) is 1. The first-order valence-corrected chi connectivity index (χ1v) is 4.76. The average molecular weight is 169 g/mol. The summed E-state index contributed by atoms with van der Waals surface area (Å²) in [5.74, 6) is -0.672. The lowest BCUT2D eigenvalue weighted by atomic mass is 9.99. The van der Waals surface area contributed by atoms with Gasteiger partial charge in [-0.2, -0.15) is 0 Å². The number of hydrogen-bond acceptors (Lipinski definition) is 2. The highest BCUT2D eigenvalue weighted by atomic mass is 16.4. The zero-order chi connectivity index (χ0) is 8.55. The van der Waals surface area contributed by atoms with Gasteiger partial charge >= 0.3 is 5.97 Å². The van der Waals surface area contributed by atoms with E-state index in [1.165, 1.54) is 6.42 Å². The third-order valence-electron chi connectivity index (χ3n) is 3.16. The van der Waals surface area contributed by atoms with Crippen molar-refractivity contribution in [2.75, 3.05) is 13.1 Å². The van der Waals surface area contributed by atoms with E-state index in [0.717, 1.165) is 32.4 Å². The summed E-state index contributed by atoms with van der Waals surface area (Å²) in [6, 6.07) is 0.358. The zero-order valence-corrected chi connectivity index (χ0v) is 7.20. The lowest BCUT2D eigenvalue weighted by Gasteiger charge is -2.38. The molecule has 1 saturated carbocycles. The van der Waals surface area contributed by atoms with Crippen LogP contribution in [-0.2, 0) is 4.79 Å². The molecule has 12 heavy (non-hydrogen) atoms. The van der Waals surface area contributed by atoms with E-state index in [-0.39, 0.29) is 5.92 Å². The Bertz CT molecular complexity index is 189. The molecule has 0 aromatic rings. The van der Waals surface area contributed by atoms with Crippen LogP contribution in [0, 0.1) is 5.92 Å². The van der Waals surface area contributed by atoms with Gasteiger partial charge < -0.3 is 5.11 Å². The van der Waals surface area contributed by atoms with Crippen LogP contribution in [0.4, 0.5) is 0 Å². The number of rotatable bonds is 2. The molecule has 0 radical (unpaired) electrons. The van der Waals surface area contributed by atoms with Crippen molar-refractivity contribution in [2.24, 2.45) is 5.92 Å². The fourth-order valence-corrected chi connectivity index (χ4v) is 2.34. The van der Waals surface area contributed by atoms with Gasteiger partial charge in [0.1, 0.15) is 0 Å². The van der Waals surface area contributed by atoms with Crippen molar-refractivity contribution < 1.29 is 9.90 Å². The number of hydrogen-bond donors (Lipinski definition) is 1. The van der Waals surface area contributed by atoms with Gasteiger partial charge in [0.2, 0.25) is 0 Å². The van der Waals surface area contributed by atoms with Crippen LogP contribution in [0.1, 0.15) is 25.7 Å². The fraction of sp³-hybridized carbons (Fsp3) is 0.889. The van der Waals surface area contributed by atoms with Crippen LogP contribution in [-0.4, -0.2) is 35.1 Å². The Labute approximate surface area is 72.4 Å². The fourth-order valence-electron chi connectivity index (χ4n) is 2.34. The summed E-state index contributed by atoms with van der Waals surface area (Å²) in [5, 5.41) is 8.93. The van der Waals surface area contributed by atoms with Gasteiger partial charge in [-0.25, -0.2) is 0 Å². The van der Waals surface area contributed by atoms with Crippen LogP contribution < -0.4 is 0 Å². The summed E-state index contributed by atoms with van der Waals surface area (Å²) in [5.41, 5.74) is 0. The number of carboxylic acids is 1. The molecule has 1 N–H and O–H groups in total. The summed E-state index contributed by atoms with van der Waals surface area (Å²) in [4.78, 5) is 13.2. The topological polar surface area (TPSA) is 40.5 Å². The number of aliphatic carboxylic acids is 1. The smallest absolute Gasteiger partial charge is 0.308 e. The van der Waals surface area contributed by atoms with Crippen LogP contribution in [0.25, 0.3) is 0 Å². The Kier molecular flexibility index (Phi) is 2.05. The molecule has 1 saturated heterocycles. The van der Waals surface area contributed by atoms with Gasteiger partial charge in [0.15, 0.2) is 0 Å². The maximum atomic E-state index is 10.8. The molecule has 1 heterocycles. The van der Waals surface area contributed by atoms with E-state index in [1.807, 2.05) is 0 Å². The van der Waals surface area contributed by atoms with Crippen molar-refractivity contribution >= 4 is 5.97 Å². The van der Waals surface area contributed by atoms with Gasteiger partial charge in [-0.1, -0.05) is 6.42 Å². The molecule has 3 heteroatoms. The largest absolute Gasteiger partial charge is 0.481 e. The van der Waals surface area contributed by atoms with Gasteiger partial charge in [-0.05, 0) is 32.4 Å². The Morgan fingerprint density at radius 2 is 2.00 bits per heavy atom. The maximum absolute atomic E-state index is 10.8. The van der Waals surface area contributed by atoms with Gasteiger partial charge in [-0.15, -0.1) is 0 Å². The second-order valence-electron chi connectivity index (χ2n) is 3.83. The van der Waals surface area contributed by atoms with Crippen LogP contribution >= 0.6 is 0 Å². The summed E-state index contributed by atoms with van der Waals surface area (Å²) in [6.07, 6.45) is 4.33. The molecule has 0 aromatic carbocycles. The van der Waals surface area contributed by atoms with Crippen molar-refractivity contribution in [3.63, 3.8) is 0 Å². The van der Waals surface area contributed by atoms with E-state index in [4.69, 9.17) is 5.11 Å². The quantitative estimate of drug-likeness (QED) is 0.669. The van der Waals surface area contributed by atoms with Crippen molar-refractivity contribution in [1.29, 1.82) is 0 Å². The van der Waals surface area contributed by atoms with Crippen molar-refractivity contribution in [3.05, 3.63) is 0 Å². The molecule has 2 aliphatic rings. The van der Waals surface area contributed by atoms with Crippen LogP contribution in [0.2, 0.25) is 0 Å². The van der Waals surface area contributed by atoms with Gasteiger partial charge in [0, 0.05) is 6.04 Å². The average Bonchev–Trinajstić information content (AvgIpc) is 2.31. The van der Waals surface area contributed by atoms with Crippen molar-refractivity contribution in [1.82, 2.24) is 4.90 Å². The van der Waals surface area contributed by atoms with E-state index in [9.17, 15) is 4.79 Å². The Hall–Kier alpha value is -0.570. The van der Waals surface area contributed by atoms with Crippen LogP contribution in [0.3, 0.4) is 0 Å². The minimum Gasteiger partial charge on any atom is -0.481 e. The standard InChI is InChI=1S/C9H15NO2/c11-9(12)7-3-1-4-8(7)10-5-2-6-10/h7-8H,1-6H2,(H,11,12). The van der Waals surface area contributed by atoms with Crippen LogP contribution in [0.5, 0.6) is 0 Å². The molecular weight excluding hydrogens is 154 g/mol. The van der Waals surface area contributed by atoms with Gasteiger partial charge in [0.05, 0.1) is 5.92 Å². The number of likely N-dealkylation sites (tertiary alicyclic amines) is 1. The predicted molar refractivity (Wildman–Crippen MR) is 45.0 cm³/mol. The van der Waals surface area contributed by atoms with Gasteiger partial charge in [-0.3, -0.25) is 9.69 Å². The monoisotopic (exact) mass is 169 g/mol. The van der Waals surface area contributed by atoms with Crippen molar-refractivity contribution in [3.8, 4) is 0 Å². The molecule has 1 aliphatic carbocycles. The highest BCUT2D eigenvalue weighted by Gasteiger charge is 2.38. The molecule has 1 aliphatic heterocycles. The SMILES string of the molecule is O=C(O)C1CCCC1N1CCC1. The Morgan fingerprint density at radius 1 is 1.25 bits per heavy atom. The third kappa shape index (κ3) is 1.22. The van der Waals surface area contributed by atoms with Crippen LogP contribution in [0.15, 0.2) is 0 Å². The molecule has 0 amide bonds. The normalized spacial score (nSPS) is 36.3. The van der Waals surface area contributed by atoms with Crippen molar-refractivity contribution in [2.45, 2.75) is 31.7 Å². The Morgan fingerprint density at radius 3 is 2.50 bits per heavy atom. The first-order chi connectivity index (χ1) is 5.79. The minimum absolute atomic E-state index is 0.0784. The summed E-state index contributed by atoms with van der Waals surface area (Å²) >= 11 is 0. The van der Waals surface area contributed by atoms with Gasteiger partial charge in [0.25, 0.3) is 0 Å². The predicted octanol–water partition coefficient (Wildman–Crippen LogP) is 0.945. The van der Waals surface area contributed by atoms with E-state index in [0.29, 0.717) is 6.04 Å². The summed E-state index contributed by atoms with van der Waals surface area (Å²) < 4.78 is 0. The second kappa shape index (κ2) is 3.05.